The van der Waals surface area contributed by atoms with E-state index in [0.29, 0.717) is 38.9 Å². The van der Waals surface area contributed by atoms with Gasteiger partial charge in [-0.25, -0.2) is 9.59 Å². The van der Waals surface area contributed by atoms with Crippen molar-refractivity contribution < 1.29 is 43.5 Å². The smallest absolute Gasteiger partial charge is 0.331 e. The summed E-state index contributed by atoms with van der Waals surface area (Å²) in [6.07, 6.45) is 9.34. The molecule has 5 aliphatic rings. The van der Waals surface area contributed by atoms with Crippen molar-refractivity contribution in [3.05, 3.63) is 47.6 Å². The Kier molecular flexibility index (Phi) is 7.43. The molecule has 2 bridgehead atoms. The Labute approximate surface area is 223 Å². The van der Waals surface area contributed by atoms with Crippen LogP contribution in [0.3, 0.4) is 0 Å². The van der Waals surface area contributed by atoms with E-state index in [1.807, 2.05) is 13.0 Å². The molecule has 3 fully saturated rings. The standard InChI is InChI=1S/C29H38O9/c1-18-9-11-34-21(19(2)31)6-4-5-7-25(32)38-22-14-24-29(17-36-29)27(22,3)28(16-35-26(33)12-18)10-8-20(15-30)13-23(28)37-24/h4-7,12-13,19,21-24,30-31H,8-11,14-17H2,1-3H3/b6-4+,7-5+,18-12+/t19-,21-,22-,23-,24-,27-,28-,29+/m1/s1. The minimum atomic E-state index is -0.751. The highest BCUT2D eigenvalue weighted by molar-refractivity contribution is 5.83. The zero-order chi connectivity index (χ0) is 27.1. The third-order valence-electron chi connectivity index (χ3n) is 9.32. The summed E-state index contributed by atoms with van der Waals surface area (Å²) in [6.45, 7) is 6.34. The van der Waals surface area contributed by atoms with Gasteiger partial charge in [-0.3, -0.25) is 0 Å². The van der Waals surface area contributed by atoms with E-state index in [1.165, 1.54) is 12.2 Å². The summed E-state index contributed by atoms with van der Waals surface area (Å²) in [6, 6.07) is 0. The molecule has 2 spiro atoms. The van der Waals surface area contributed by atoms with Gasteiger partial charge in [0.25, 0.3) is 0 Å². The van der Waals surface area contributed by atoms with E-state index in [1.54, 1.807) is 25.2 Å². The molecule has 0 aromatic heterocycles. The lowest BCUT2D eigenvalue weighted by Gasteiger charge is -2.58. The number of aliphatic hydroxyl groups excluding tert-OH is 2. The molecule has 9 nitrogen and oxygen atoms in total. The Balaban J connectivity index is 1.52. The topological polar surface area (TPSA) is 124 Å². The molecule has 2 N–H and O–H groups in total. The van der Waals surface area contributed by atoms with Gasteiger partial charge in [0.1, 0.15) is 24.4 Å². The quantitative estimate of drug-likeness (QED) is 0.314. The summed E-state index contributed by atoms with van der Waals surface area (Å²) in [5, 5.41) is 19.9. The van der Waals surface area contributed by atoms with E-state index in [0.717, 1.165) is 11.1 Å². The summed E-state index contributed by atoms with van der Waals surface area (Å²) < 4.78 is 30.4. The Hall–Kier alpha value is -2.30. The number of epoxide rings is 1. The van der Waals surface area contributed by atoms with E-state index >= 15 is 0 Å². The number of esters is 2. The fourth-order valence-corrected chi connectivity index (χ4v) is 6.90. The number of hydrogen-bond acceptors (Lipinski definition) is 9. The van der Waals surface area contributed by atoms with Crippen LogP contribution in [-0.2, 0) is 33.3 Å². The monoisotopic (exact) mass is 530 g/mol. The Morgan fingerprint density at radius 3 is 2.63 bits per heavy atom. The number of allylic oxidation sites excluding steroid dienone is 2. The molecule has 0 aromatic rings. The van der Waals surface area contributed by atoms with Gasteiger partial charge in [-0.1, -0.05) is 36.8 Å². The molecular weight excluding hydrogens is 492 g/mol. The number of carbonyl (C=O) groups excluding carboxylic acids is 2. The van der Waals surface area contributed by atoms with Gasteiger partial charge in [0.2, 0.25) is 0 Å². The molecule has 0 amide bonds. The summed E-state index contributed by atoms with van der Waals surface area (Å²) in [5.41, 5.74) is -0.328. The molecule has 9 heteroatoms. The van der Waals surface area contributed by atoms with Crippen molar-refractivity contribution in [1.29, 1.82) is 0 Å². The zero-order valence-electron chi connectivity index (χ0n) is 22.3. The highest BCUT2D eigenvalue weighted by Crippen LogP contribution is 2.72. The van der Waals surface area contributed by atoms with Crippen LogP contribution >= 0.6 is 0 Å². The number of hydrogen-bond donors (Lipinski definition) is 2. The molecule has 5 rings (SSSR count). The summed E-state index contributed by atoms with van der Waals surface area (Å²) >= 11 is 0. The van der Waals surface area contributed by atoms with Crippen LogP contribution in [0.5, 0.6) is 0 Å². The number of cyclic esters (lactones) is 1. The minimum absolute atomic E-state index is 0.0601. The second kappa shape index (κ2) is 10.4. The van der Waals surface area contributed by atoms with Crippen molar-refractivity contribution in [3.63, 3.8) is 0 Å². The van der Waals surface area contributed by atoms with Crippen molar-refractivity contribution in [2.24, 2.45) is 10.8 Å². The third kappa shape index (κ3) is 4.48. The van der Waals surface area contributed by atoms with E-state index in [-0.39, 0.29) is 19.3 Å². The fraction of sp³-hybridized carbons (Fsp3) is 0.655. The maximum absolute atomic E-state index is 12.9. The number of rotatable bonds is 2. The van der Waals surface area contributed by atoms with Crippen LogP contribution in [0.15, 0.2) is 47.6 Å². The summed E-state index contributed by atoms with van der Waals surface area (Å²) in [7, 11) is 0. The summed E-state index contributed by atoms with van der Waals surface area (Å²) in [4.78, 5) is 25.9. The van der Waals surface area contributed by atoms with Crippen LogP contribution in [-0.4, -0.2) is 84.7 Å². The summed E-state index contributed by atoms with van der Waals surface area (Å²) in [5.74, 6) is -0.962. The predicted octanol–water partition coefficient (Wildman–Crippen LogP) is 2.32. The van der Waals surface area contributed by atoms with E-state index < -0.39 is 52.8 Å². The lowest BCUT2D eigenvalue weighted by Crippen LogP contribution is -2.66. The van der Waals surface area contributed by atoms with Gasteiger partial charge in [-0.2, -0.15) is 0 Å². The van der Waals surface area contributed by atoms with Crippen molar-refractivity contribution in [1.82, 2.24) is 0 Å². The normalized spacial score (nSPS) is 45.3. The second-order valence-electron chi connectivity index (χ2n) is 11.4. The van der Waals surface area contributed by atoms with Gasteiger partial charge in [-0.15, -0.1) is 0 Å². The molecule has 0 radical (unpaired) electrons. The largest absolute Gasteiger partial charge is 0.462 e. The van der Waals surface area contributed by atoms with Crippen LogP contribution in [0, 0.1) is 10.8 Å². The van der Waals surface area contributed by atoms with Crippen molar-refractivity contribution in [2.75, 3.05) is 26.4 Å². The van der Waals surface area contributed by atoms with Crippen LogP contribution in [0.25, 0.3) is 0 Å². The fourth-order valence-electron chi connectivity index (χ4n) is 6.90. The first-order chi connectivity index (χ1) is 18.1. The first-order valence-electron chi connectivity index (χ1n) is 13.4. The second-order valence-corrected chi connectivity index (χ2v) is 11.4. The van der Waals surface area contributed by atoms with Gasteiger partial charge in [-0.05, 0) is 38.7 Å². The van der Waals surface area contributed by atoms with Crippen molar-refractivity contribution >= 4 is 11.9 Å². The lowest BCUT2D eigenvalue weighted by molar-refractivity contribution is -0.232. The van der Waals surface area contributed by atoms with Crippen LogP contribution in [0.2, 0.25) is 0 Å². The molecule has 1 saturated carbocycles. The van der Waals surface area contributed by atoms with E-state index in [9.17, 15) is 19.8 Å². The number of aliphatic hydroxyl groups is 2. The molecule has 3 aliphatic heterocycles. The maximum atomic E-state index is 12.9. The van der Waals surface area contributed by atoms with Crippen LogP contribution in [0.4, 0.5) is 0 Å². The van der Waals surface area contributed by atoms with Gasteiger partial charge >= 0.3 is 11.9 Å². The molecule has 3 heterocycles. The average molecular weight is 531 g/mol. The third-order valence-corrected chi connectivity index (χ3v) is 9.32. The number of ether oxygens (including phenoxy) is 5. The lowest BCUT2D eigenvalue weighted by atomic mass is 9.51. The van der Waals surface area contributed by atoms with Crippen molar-refractivity contribution in [2.45, 2.75) is 82.6 Å². The SMILES string of the molecule is C/C1=C\C(=O)OC[C@]23CCC(CO)=C[C@H]2O[C@@H]2C[C@@H](OC(=O)/C=C/C=C/[C@H]([C@@H](C)O)OCC1)[C@@]3(C)[C@]21CO1. The molecule has 38 heavy (non-hydrogen) atoms. The van der Waals surface area contributed by atoms with E-state index in [2.05, 4.69) is 6.92 Å². The highest BCUT2D eigenvalue weighted by atomic mass is 16.6. The Morgan fingerprint density at radius 1 is 1.13 bits per heavy atom. The van der Waals surface area contributed by atoms with Gasteiger partial charge < -0.3 is 33.9 Å². The molecule has 2 saturated heterocycles. The first-order valence-corrected chi connectivity index (χ1v) is 13.4. The molecular formula is C29H38O9. The number of carbonyl (C=O) groups is 2. The van der Waals surface area contributed by atoms with E-state index in [4.69, 9.17) is 23.7 Å². The Morgan fingerprint density at radius 2 is 1.92 bits per heavy atom. The van der Waals surface area contributed by atoms with Gasteiger partial charge in [0, 0.05) is 24.0 Å². The Bertz CT molecular complexity index is 1070. The highest BCUT2D eigenvalue weighted by Gasteiger charge is 2.83. The molecule has 208 valence electrons. The van der Waals surface area contributed by atoms with Gasteiger partial charge in [0.05, 0.1) is 43.5 Å². The zero-order valence-corrected chi connectivity index (χ0v) is 22.3. The maximum Gasteiger partial charge on any atom is 0.331 e. The molecule has 2 aliphatic carbocycles. The predicted molar refractivity (Wildman–Crippen MR) is 136 cm³/mol. The first kappa shape index (κ1) is 27.3. The van der Waals surface area contributed by atoms with Crippen LogP contribution in [0.1, 0.15) is 46.5 Å². The van der Waals surface area contributed by atoms with Crippen LogP contribution < -0.4 is 0 Å². The molecule has 0 unspecified atom stereocenters. The average Bonchev–Trinajstić information content (AvgIpc) is 3.66. The van der Waals surface area contributed by atoms with Gasteiger partial charge in [0.15, 0.2) is 0 Å². The minimum Gasteiger partial charge on any atom is -0.462 e. The molecule has 0 aromatic carbocycles. The molecule has 8 atom stereocenters. The van der Waals surface area contributed by atoms with Crippen molar-refractivity contribution in [3.8, 4) is 0 Å².